The van der Waals surface area contributed by atoms with Crippen molar-refractivity contribution in [2.24, 2.45) is 0 Å². The lowest BCUT2D eigenvalue weighted by Gasteiger charge is -2.26. The predicted molar refractivity (Wildman–Crippen MR) is 109 cm³/mol. The van der Waals surface area contributed by atoms with Crippen molar-refractivity contribution in [2.75, 3.05) is 26.6 Å². The standard InChI is InChI=1S/C22H23N3O4/c1-13-7-5-6-8-17(13)25-22-16(12-23-25)15(11-19(26)24-22)14-9-10-18(27-2)21(29-4)20(14)28-3/h5-10,12,15H,11H2,1-4H3,(H,24,26)/t15-/m1/s1. The number of para-hydroxylation sites is 1. The minimum absolute atomic E-state index is 0.0744. The van der Waals surface area contributed by atoms with Gasteiger partial charge >= 0.3 is 0 Å². The van der Waals surface area contributed by atoms with Gasteiger partial charge in [0.25, 0.3) is 0 Å². The first kappa shape index (κ1) is 18.9. The molecule has 7 heteroatoms. The molecule has 0 unspecified atom stereocenters. The number of fused-ring (bicyclic) bond motifs is 1. The van der Waals surface area contributed by atoms with Gasteiger partial charge in [0.1, 0.15) is 5.82 Å². The van der Waals surface area contributed by atoms with E-state index in [1.807, 2.05) is 49.5 Å². The van der Waals surface area contributed by atoms with Gasteiger partial charge in [-0.2, -0.15) is 5.10 Å². The number of nitrogens with zero attached hydrogens (tertiary/aromatic N) is 2. The monoisotopic (exact) mass is 393 g/mol. The summed E-state index contributed by atoms with van der Waals surface area (Å²) in [7, 11) is 4.73. The lowest BCUT2D eigenvalue weighted by Crippen LogP contribution is -2.25. The van der Waals surface area contributed by atoms with Crippen LogP contribution in [0.4, 0.5) is 5.82 Å². The third-order valence-electron chi connectivity index (χ3n) is 5.27. The third kappa shape index (κ3) is 3.08. The zero-order valence-electron chi connectivity index (χ0n) is 16.9. The molecule has 7 nitrogen and oxygen atoms in total. The number of aromatic nitrogens is 2. The van der Waals surface area contributed by atoms with E-state index in [4.69, 9.17) is 14.2 Å². The van der Waals surface area contributed by atoms with Crippen molar-refractivity contribution in [3.05, 3.63) is 59.3 Å². The van der Waals surface area contributed by atoms with Gasteiger partial charge in [0.05, 0.1) is 33.2 Å². The fraction of sp³-hybridized carbons (Fsp3) is 0.273. The van der Waals surface area contributed by atoms with E-state index in [1.165, 1.54) is 0 Å². The molecule has 1 aliphatic heterocycles. The zero-order valence-corrected chi connectivity index (χ0v) is 16.9. The molecule has 0 saturated heterocycles. The summed E-state index contributed by atoms with van der Waals surface area (Å²) in [6, 6.07) is 11.7. The molecule has 1 N–H and O–H groups in total. The average Bonchev–Trinajstić information content (AvgIpc) is 3.15. The van der Waals surface area contributed by atoms with E-state index in [1.54, 1.807) is 26.0 Å². The smallest absolute Gasteiger partial charge is 0.226 e. The lowest BCUT2D eigenvalue weighted by atomic mass is 9.86. The Kier molecular flexibility index (Phi) is 4.88. The van der Waals surface area contributed by atoms with Crippen LogP contribution in [0, 0.1) is 6.92 Å². The van der Waals surface area contributed by atoms with Crippen molar-refractivity contribution in [1.82, 2.24) is 9.78 Å². The molecule has 1 aliphatic rings. The van der Waals surface area contributed by atoms with E-state index in [0.717, 1.165) is 22.4 Å². The van der Waals surface area contributed by atoms with Gasteiger partial charge in [-0.25, -0.2) is 4.68 Å². The van der Waals surface area contributed by atoms with Gasteiger partial charge in [-0.3, -0.25) is 4.79 Å². The zero-order chi connectivity index (χ0) is 20.5. The van der Waals surface area contributed by atoms with E-state index in [9.17, 15) is 4.79 Å². The fourth-order valence-electron chi connectivity index (χ4n) is 3.88. The minimum Gasteiger partial charge on any atom is -0.493 e. The van der Waals surface area contributed by atoms with Crippen LogP contribution in [-0.4, -0.2) is 37.0 Å². The third-order valence-corrected chi connectivity index (χ3v) is 5.27. The molecule has 1 aromatic heterocycles. The molecule has 0 saturated carbocycles. The van der Waals surface area contributed by atoms with E-state index in [-0.39, 0.29) is 18.2 Å². The van der Waals surface area contributed by atoms with Gasteiger partial charge < -0.3 is 19.5 Å². The molecule has 2 aromatic carbocycles. The molecule has 4 rings (SSSR count). The Bertz CT molecular complexity index is 1070. The number of rotatable bonds is 5. The maximum absolute atomic E-state index is 12.6. The first-order valence-electron chi connectivity index (χ1n) is 9.31. The Morgan fingerprint density at radius 1 is 1.00 bits per heavy atom. The van der Waals surface area contributed by atoms with Crippen LogP contribution in [0.15, 0.2) is 42.6 Å². The lowest BCUT2D eigenvalue weighted by molar-refractivity contribution is -0.116. The number of amides is 1. The van der Waals surface area contributed by atoms with Crippen molar-refractivity contribution in [3.63, 3.8) is 0 Å². The summed E-state index contributed by atoms with van der Waals surface area (Å²) in [4.78, 5) is 12.6. The largest absolute Gasteiger partial charge is 0.493 e. The number of aryl methyl sites for hydroxylation is 1. The highest BCUT2D eigenvalue weighted by molar-refractivity contribution is 5.95. The molecule has 1 atom stereocenters. The second kappa shape index (κ2) is 7.50. The number of carbonyl (C=O) groups excluding carboxylic acids is 1. The molecule has 2 heterocycles. The van der Waals surface area contributed by atoms with Crippen LogP contribution in [0.1, 0.15) is 29.0 Å². The summed E-state index contributed by atoms with van der Waals surface area (Å²) in [6.07, 6.45) is 2.10. The molecule has 29 heavy (non-hydrogen) atoms. The maximum Gasteiger partial charge on any atom is 0.226 e. The van der Waals surface area contributed by atoms with Crippen LogP contribution < -0.4 is 19.5 Å². The average molecular weight is 393 g/mol. The van der Waals surface area contributed by atoms with E-state index in [2.05, 4.69) is 10.4 Å². The van der Waals surface area contributed by atoms with E-state index in [0.29, 0.717) is 23.1 Å². The molecule has 0 radical (unpaired) electrons. The Hall–Kier alpha value is -3.48. The molecule has 0 aliphatic carbocycles. The molecule has 0 spiro atoms. The first-order valence-corrected chi connectivity index (χ1v) is 9.31. The maximum atomic E-state index is 12.6. The molecule has 0 bridgehead atoms. The quantitative estimate of drug-likeness (QED) is 0.716. The van der Waals surface area contributed by atoms with Crippen LogP contribution in [0.3, 0.4) is 0 Å². The molecule has 150 valence electrons. The number of methoxy groups -OCH3 is 3. The number of anilines is 1. The molecule has 1 amide bonds. The number of benzene rings is 2. The van der Waals surface area contributed by atoms with Crippen molar-refractivity contribution >= 4 is 11.7 Å². The molecular weight excluding hydrogens is 370 g/mol. The summed E-state index contributed by atoms with van der Waals surface area (Å²) < 4.78 is 18.3. The number of nitrogens with one attached hydrogen (secondary N) is 1. The second-order valence-electron chi connectivity index (χ2n) is 6.88. The van der Waals surface area contributed by atoms with E-state index >= 15 is 0 Å². The second-order valence-corrected chi connectivity index (χ2v) is 6.88. The van der Waals surface area contributed by atoms with Crippen LogP contribution in [0.25, 0.3) is 5.69 Å². The number of carbonyl (C=O) groups is 1. The van der Waals surface area contributed by atoms with Crippen molar-refractivity contribution in [1.29, 1.82) is 0 Å². The summed E-state index contributed by atoms with van der Waals surface area (Å²) >= 11 is 0. The van der Waals surface area contributed by atoms with Gasteiger partial charge in [0.2, 0.25) is 11.7 Å². The van der Waals surface area contributed by atoms with Crippen molar-refractivity contribution < 1.29 is 19.0 Å². The first-order chi connectivity index (χ1) is 14.1. The topological polar surface area (TPSA) is 74.6 Å². The van der Waals surface area contributed by atoms with Crippen LogP contribution in [0.2, 0.25) is 0 Å². The molecule has 3 aromatic rings. The summed E-state index contributed by atoms with van der Waals surface area (Å²) in [5.41, 5.74) is 3.77. The van der Waals surface area contributed by atoms with Crippen LogP contribution >= 0.6 is 0 Å². The number of hydrogen-bond donors (Lipinski definition) is 1. The van der Waals surface area contributed by atoms with Crippen LogP contribution in [0.5, 0.6) is 17.2 Å². The SMILES string of the molecule is COc1ccc([C@H]2CC(=O)Nc3c2cnn3-c2ccccc2C)c(OC)c1OC. The van der Waals surface area contributed by atoms with Crippen LogP contribution in [-0.2, 0) is 4.79 Å². The number of hydrogen-bond acceptors (Lipinski definition) is 5. The Morgan fingerprint density at radius 3 is 2.45 bits per heavy atom. The number of ether oxygens (including phenoxy) is 3. The summed E-state index contributed by atoms with van der Waals surface area (Å²) in [5, 5.41) is 7.56. The van der Waals surface area contributed by atoms with Gasteiger partial charge in [0, 0.05) is 23.5 Å². The Labute approximate surface area is 169 Å². The Balaban J connectivity index is 1.88. The normalized spacial score (nSPS) is 15.4. The minimum atomic E-state index is -0.216. The van der Waals surface area contributed by atoms with Gasteiger partial charge in [-0.05, 0) is 24.6 Å². The van der Waals surface area contributed by atoms with E-state index < -0.39 is 0 Å². The van der Waals surface area contributed by atoms with Crippen molar-refractivity contribution in [3.8, 4) is 22.9 Å². The highest BCUT2D eigenvalue weighted by Crippen LogP contribution is 2.47. The van der Waals surface area contributed by atoms with Gasteiger partial charge in [-0.15, -0.1) is 0 Å². The predicted octanol–water partition coefficient (Wildman–Crippen LogP) is 3.68. The Morgan fingerprint density at radius 2 is 1.76 bits per heavy atom. The fourth-order valence-corrected chi connectivity index (χ4v) is 3.88. The highest BCUT2D eigenvalue weighted by atomic mass is 16.5. The van der Waals surface area contributed by atoms with Gasteiger partial charge in [-0.1, -0.05) is 24.3 Å². The van der Waals surface area contributed by atoms with Crippen molar-refractivity contribution in [2.45, 2.75) is 19.3 Å². The summed E-state index contributed by atoms with van der Waals surface area (Å²) in [6.45, 7) is 2.02. The molecular formula is C22H23N3O4. The summed E-state index contributed by atoms with van der Waals surface area (Å²) in [5.74, 6) is 2.02. The molecule has 0 fully saturated rings. The highest BCUT2D eigenvalue weighted by Gasteiger charge is 2.33. The van der Waals surface area contributed by atoms with Gasteiger partial charge in [0.15, 0.2) is 11.5 Å².